The second-order valence-electron chi connectivity index (χ2n) is 22.9. The Kier molecular flexibility index (Phi) is 52.8. The number of hydrogen-bond acceptors (Lipinski definition) is 7. The van der Waals surface area contributed by atoms with Gasteiger partial charge in [-0.1, -0.05) is 270 Å². The molecule has 432 valence electrons. The minimum Gasteiger partial charge on any atom is -0.756 e. The molecule has 0 aromatic heterocycles. The number of ether oxygens (including phenoxy) is 1. The predicted molar refractivity (Wildman–Crippen MR) is 312 cm³/mol. The number of carbonyl (C=O) groups excluding carboxylic acids is 2. The van der Waals surface area contributed by atoms with Crippen LogP contribution in [0.4, 0.5) is 0 Å². The van der Waals surface area contributed by atoms with Gasteiger partial charge in [0, 0.05) is 12.8 Å². The van der Waals surface area contributed by atoms with Gasteiger partial charge in [-0.25, -0.2) is 0 Å². The summed E-state index contributed by atoms with van der Waals surface area (Å²) < 4.78 is 30.3. The third-order valence-electron chi connectivity index (χ3n) is 14.4. The highest BCUT2D eigenvalue weighted by Crippen LogP contribution is 2.38. The Morgan fingerprint density at radius 2 is 0.795 bits per heavy atom. The second kappa shape index (κ2) is 53.9. The Morgan fingerprint density at radius 3 is 1.18 bits per heavy atom. The van der Waals surface area contributed by atoms with Crippen LogP contribution in [0.2, 0.25) is 0 Å². The van der Waals surface area contributed by atoms with Gasteiger partial charge in [-0.2, -0.15) is 0 Å². The first-order valence-electron chi connectivity index (χ1n) is 31.6. The fourth-order valence-electron chi connectivity index (χ4n) is 9.46. The molecule has 0 spiro atoms. The number of rotatable bonds is 58. The number of allylic oxidation sites excluding steroid dienone is 3. The van der Waals surface area contributed by atoms with E-state index in [0.29, 0.717) is 23.9 Å². The zero-order valence-electron chi connectivity index (χ0n) is 49.4. The third kappa shape index (κ3) is 55.1. The second-order valence-corrected chi connectivity index (χ2v) is 24.3. The van der Waals surface area contributed by atoms with Gasteiger partial charge in [-0.3, -0.25) is 14.2 Å². The molecule has 0 saturated carbocycles. The zero-order valence-corrected chi connectivity index (χ0v) is 50.3. The molecule has 0 aliphatic carbocycles. The maximum atomic E-state index is 13.5. The van der Waals surface area contributed by atoms with Crippen LogP contribution >= 0.6 is 7.82 Å². The van der Waals surface area contributed by atoms with Crippen molar-refractivity contribution in [3.05, 3.63) is 24.3 Å². The van der Waals surface area contributed by atoms with Gasteiger partial charge < -0.3 is 28.5 Å². The minimum absolute atomic E-state index is 0.0210. The number of nitrogens with one attached hydrogen (secondary N) is 1. The predicted octanol–water partition coefficient (Wildman–Crippen LogP) is 18.7. The normalized spacial score (nSPS) is 13.8. The molecule has 0 aromatic rings. The molecule has 3 unspecified atom stereocenters. The first-order valence-corrected chi connectivity index (χ1v) is 33.1. The monoisotopic (exact) mass is 1050 g/mol. The van der Waals surface area contributed by atoms with Crippen LogP contribution < -0.4 is 10.2 Å². The fourth-order valence-corrected chi connectivity index (χ4v) is 10.2. The number of likely N-dealkylation sites (N-methyl/N-ethyl adjacent to an activating group) is 1. The Balaban J connectivity index is 5.08. The van der Waals surface area contributed by atoms with Crippen molar-refractivity contribution >= 4 is 19.7 Å². The summed E-state index contributed by atoms with van der Waals surface area (Å²) in [5.41, 5.74) is 0. The maximum absolute atomic E-state index is 13.5. The summed E-state index contributed by atoms with van der Waals surface area (Å²) in [4.78, 5) is 39.9. The number of quaternary nitrogens is 1. The SMILES string of the molecule is CCCCCCCC/C=C\CCCCCC(=O)OC(/C=C\CCCCCCCCCCC)C(COP(=O)([O-])OCC[N+](C)(C)C)NC(=O)CCCCCCCCCCCCCCCCCCCCCCCCC. The van der Waals surface area contributed by atoms with Crippen LogP contribution in [0.5, 0.6) is 0 Å². The highest BCUT2D eigenvalue weighted by molar-refractivity contribution is 7.45. The molecular weight excluding hydrogens is 928 g/mol. The summed E-state index contributed by atoms with van der Waals surface area (Å²) in [6.07, 6.45) is 63.0. The van der Waals surface area contributed by atoms with Crippen LogP contribution in [-0.2, 0) is 27.9 Å². The van der Waals surface area contributed by atoms with E-state index >= 15 is 0 Å². The maximum Gasteiger partial charge on any atom is 0.306 e. The topological polar surface area (TPSA) is 114 Å². The van der Waals surface area contributed by atoms with Crippen LogP contribution in [0.15, 0.2) is 24.3 Å². The van der Waals surface area contributed by atoms with Crippen LogP contribution in [0, 0.1) is 0 Å². The number of hydrogen-bond donors (Lipinski definition) is 1. The van der Waals surface area contributed by atoms with Crippen molar-refractivity contribution in [3.63, 3.8) is 0 Å². The molecule has 73 heavy (non-hydrogen) atoms. The molecule has 0 radical (unpaired) electrons. The number of unbranched alkanes of at least 4 members (excludes halogenated alkanes) is 40. The van der Waals surface area contributed by atoms with E-state index in [1.807, 2.05) is 33.3 Å². The summed E-state index contributed by atoms with van der Waals surface area (Å²) in [6, 6.07) is -0.888. The Labute approximate surface area is 454 Å². The average Bonchev–Trinajstić information content (AvgIpc) is 3.35. The molecule has 0 aromatic carbocycles. The minimum atomic E-state index is -4.69. The van der Waals surface area contributed by atoms with Gasteiger partial charge in [0.25, 0.3) is 7.82 Å². The summed E-state index contributed by atoms with van der Waals surface area (Å²) in [5.74, 6) is -0.545. The molecule has 10 heteroatoms. The van der Waals surface area contributed by atoms with Crippen molar-refractivity contribution in [2.24, 2.45) is 0 Å². The third-order valence-corrected chi connectivity index (χ3v) is 15.3. The van der Waals surface area contributed by atoms with E-state index in [2.05, 4.69) is 38.2 Å². The van der Waals surface area contributed by atoms with Gasteiger partial charge in [0.2, 0.25) is 5.91 Å². The molecule has 0 bridgehead atoms. The summed E-state index contributed by atoms with van der Waals surface area (Å²) in [6.45, 7) is 6.86. The van der Waals surface area contributed by atoms with E-state index in [-0.39, 0.29) is 31.5 Å². The summed E-state index contributed by atoms with van der Waals surface area (Å²) in [7, 11) is 1.19. The van der Waals surface area contributed by atoms with E-state index in [1.165, 1.54) is 212 Å². The van der Waals surface area contributed by atoms with Crippen molar-refractivity contribution in [1.82, 2.24) is 5.32 Å². The summed E-state index contributed by atoms with van der Waals surface area (Å²) >= 11 is 0. The number of carbonyl (C=O) groups is 2. The quantitative estimate of drug-likeness (QED) is 0.0212. The molecule has 0 saturated heterocycles. The molecule has 3 atom stereocenters. The largest absolute Gasteiger partial charge is 0.756 e. The average molecular weight is 1050 g/mol. The first kappa shape index (κ1) is 71.5. The molecule has 0 heterocycles. The highest BCUT2D eigenvalue weighted by Gasteiger charge is 2.27. The van der Waals surface area contributed by atoms with Crippen LogP contribution in [0.1, 0.15) is 316 Å². The lowest BCUT2D eigenvalue weighted by atomic mass is 10.0. The number of esters is 1. The Hall–Kier alpha value is -1.51. The van der Waals surface area contributed by atoms with Gasteiger partial charge in [0.05, 0.1) is 33.8 Å². The van der Waals surface area contributed by atoms with Gasteiger partial charge in [-0.05, 0) is 57.4 Å². The summed E-state index contributed by atoms with van der Waals surface area (Å²) in [5, 5.41) is 3.03. The van der Waals surface area contributed by atoms with Crippen molar-refractivity contribution < 1.29 is 37.3 Å². The number of amides is 1. The van der Waals surface area contributed by atoms with Crippen LogP contribution in [0.25, 0.3) is 0 Å². The van der Waals surface area contributed by atoms with Gasteiger partial charge in [-0.15, -0.1) is 0 Å². The lowest BCUT2D eigenvalue weighted by Crippen LogP contribution is -2.47. The smallest absolute Gasteiger partial charge is 0.306 e. The van der Waals surface area contributed by atoms with Crippen molar-refractivity contribution in [1.29, 1.82) is 0 Å². The number of phosphoric ester groups is 1. The first-order chi connectivity index (χ1) is 35.4. The number of phosphoric acid groups is 1. The fraction of sp³-hybridized carbons (Fsp3) is 0.905. The van der Waals surface area contributed by atoms with Crippen molar-refractivity contribution in [3.8, 4) is 0 Å². The van der Waals surface area contributed by atoms with Crippen molar-refractivity contribution in [2.75, 3.05) is 40.9 Å². The lowest BCUT2D eigenvalue weighted by Gasteiger charge is -2.30. The molecule has 0 rings (SSSR count). The molecule has 0 fully saturated rings. The molecular formula is C63H123N2O7P. The van der Waals surface area contributed by atoms with Crippen molar-refractivity contribution in [2.45, 2.75) is 328 Å². The van der Waals surface area contributed by atoms with Gasteiger partial charge >= 0.3 is 5.97 Å². The molecule has 1 N–H and O–H groups in total. The standard InChI is InChI=1S/C63H123N2O7P/c1-7-10-13-16-19-22-25-27-28-29-30-31-32-33-34-35-36-38-40-43-46-49-52-55-62(66)64-60(59-71-73(68,69)70-58-57-65(4,5)6)61(54-51-48-45-42-39-24-21-18-15-12-9-3)72-63(67)56-53-50-47-44-41-37-26-23-20-17-14-11-8-2/h37,41,51,54,60-61H,7-36,38-40,42-50,52-53,55-59H2,1-6H3,(H-,64,66,68,69)/b41-37-,54-51-. The van der Waals surface area contributed by atoms with Gasteiger partial charge in [0.1, 0.15) is 19.3 Å². The molecule has 0 aliphatic heterocycles. The van der Waals surface area contributed by atoms with E-state index < -0.39 is 20.0 Å². The molecule has 1 amide bonds. The van der Waals surface area contributed by atoms with E-state index in [4.69, 9.17) is 13.8 Å². The highest BCUT2D eigenvalue weighted by atomic mass is 31.2. The van der Waals surface area contributed by atoms with Crippen LogP contribution in [0.3, 0.4) is 0 Å². The molecule has 9 nitrogen and oxygen atoms in total. The van der Waals surface area contributed by atoms with Gasteiger partial charge in [0.15, 0.2) is 0 Å². The Morgan fingerprint density at radius 1 is 0.466 bits per heavy atom. The van der Waals surface area contributed by atoms with E-state index in [0.717, 1.165) is 64.2 Å². The zero-order chi connectivity index (χ0) is 53.6. The van der Waals surface area contributed by atoms with E-state index in [1.54, 1.807) is 0 Å². The lowest BCUT2D eigenvalue weighted by molar-refractivity contribution is -0.870. The Bertz CT molecular complexity index is 1300. The number of nitrogens with zero attached hydrogens (tertiary/aromatic N) is 1. The van der Waals surface area contributed by atoms with Crippen LogP contribution in [-0.4, -0.2) is 69.4 Å². The molecule has 0 aliphatic rings. The van der Waals surface area contributed by atoms with E-state index in [9.17, 15) is 19.0 Å².